The minimum Gasteiger partial charge on any atom is -0.481 e. The minimum absolute atomic E-state index is 0.0530. The Kier molecular flexibility index (Phi) is 16.7. The van der Waals surface area contributed by atoms with Crippen molar-refractivity contribution in [2.24, 2.45) is 17.8 Å². The molecule has 0 bridgehead atoms. The van der Waals surface area contributed by atoms with Gasteiger partial charge in [0.25, 0.3) is 5.91 Å². The van der Waals surface area contributed by atoms with Crippen molar-refractivity contribution in [1.82, 2.24) is 25.4 Å². The molecule has 0 spiro atoms. The molecule has 14 heteroatoms. The summed E-state index contributed by atoms with van der Waals surface area (Å²) in [5, 5.41) is 17.6. The van der Waals surface area contributed by atoms with Crippen LogP contribution in [0.3, 0.4) is 0 Å². The fourth-order valence-electron chi connectivity index (χ4n) is 6.91. The first-order chi connectivity index (χ1) is 25.1. The van der Waals surface area contributed by atoms with Crippen LogP contribution in [0.1, 0.15) is 114 Å². The number of nitrogens with zero attached hydrogens (tertiary/aromatic N) is 3. The van der Waals surface area contributed by atoms with Gasteiger partial charge in [0.15, 0.2) is 6.10 Å². The molecule has 1 aromatic heterocycles. The summed E-state index contributed by atoms with van der Waals surface area (Å²) >= 11 is 1.18. The van der Waals surface area contributed by atoms with E-state index in [-0.39, 0.29) is 54.3 Å². The van der Waals surface area contributed by atoms with E-state index in [1.165, 1.54) is 18.3 Å². The molecule has 0 radical (unpaired) electrons. The fraction of sp³-hybridized carbons (Fsp3) is 0.641. The van der Waals surface area contributed by atoms with Gasteiger partial charge >= 0.3 is 11.9 Å². The molecular formula is C39H60N6O7S. The number of hydrogen-bond donors (Lipinski definition) is 4. The average molecular weight is 757 g/mol. The van der Waals surface area contributed by atoms with Crippen LogP contribution in [0.4, 0.5) is 5.69 Å². The number of esters is 1. The van der Waals surface area contributed by atoms with E-state index < -0.39 is 42.0 Å². The zero-order valence-electron chi connectivity index (χ0n) is 32.6. The lowest BCUT2D eigenvalue weighted by Crippen LogP contribution is -2.58. The van der Waals surface area contributed by atoms with Crippen LogP contribution < -0.4 is 16.4 Å². The molecule has 0 aliphatic carbocycles. The number of carboxylic acids is 1. The second-order valence-corrected chi connectivity index (χ2v) is 15.7. The van der Waals surface area contributed by atoms with Crippen molar-refractivity contribution < 1.29 is 33.8 Å². The van der Waals surface area contributed by atoms with Crippen molar-refractivity contribution >= 4 is 46.7 Å². The van der Waals surface area contributed by atoms with Crippen molar-refractivity contribution in [2.45, 2.75) is 124 Å². The molecule has 2 heterocycles. The summed E-state index contributed by atoms with van der Waals surface area (Å²) in [5.41, 5.74) is 7.44. The van der Waals surface area contributed by atoms with Crippen molar-refractivity contribution in [1.29, 1.82) is 0 Å². The van der Waals surface area contributed by atoms with Gasteiger partial charge in [-0.3, -0.25) is 28.9 Å². The van der Waals surface area contributed by atoms with Crippen LogP contribution in [-0.4, -0.2) is 93.9 Å². The molecule has 2 aromatic rings. The predicted octanol–water partition coefficient (Wildman–Crippen LogP) is 5.06. The number of rotatable bonds is 19. The molecule has 0 saturated carbocycles. The molecule has 1 aliphatic rings. The number of likely N-dealkylation sites (tertiary alicyclic amines) is 1. The van der Waals surface area contributed by atoms with E-state index >= 15 is 0 Å². The smallest absolute Gasteiger partial charge is 0.306 e. The Bertz CT molecular complexity index is 1530. The van der Waals surface area contributed by atoms with Gasteiger partial charge in [-0.1, -0.05) is 59.6 Å². The van der Waals surface area contributed by atoms with E-state index in [1.807, 2.05) is 58.7 Å². The average Bonchev–Trinajstić information content (AvgIpc) is 3.61. The maximum Gasteiger partial charge on any atom is 0.306 e. The van der Waals surface area contributed by atoms with Crippen LogP contribution >= 0.6 is 11.3 Å². The van der Waals surface area contributed by atoms with Gasteiger partial charge in [-0.15, -0.1) is 11.3 Å². The number of nitrogens with two attached hydrogens (primary N) is 1. The second-order valence-electron chi connectivity index (χ2n) is 14.8. The fourth-order valence-corrected chi connectivity index (χ4v) is 7.75. The summed E-state index contributed by atoms with van der Waals surface area (Å²) in [4.78, 5) is 74.0. The number of amides is 3. The van der Waals surface area contributed by atoms with Crippen LogP contribution in [0.2, 0.25) is 0 Å². The highest BCUT2D eigenvalue weighted by Crippen LogP contribution is 2.32. The number of nitrogen functional groups attached to an aromatic ring is 1. The maximum absolute atomic E-state index is 14.4. The topological polar surface area (TPSA) is 184 Å². The lowest BCUT2D eigenvalue weighted by Gasteiger charge is -2.39. The van der Waals surface area contributed by atoms with Crippen LogP contribution in [0.15, 0.2) is 29.6 Å². The first kappa shape index (κ1) is 43.4. The van der Waals surface area contributed by atoms with Crippen molar-refractivity contribution in [3.8, 4) is 0 Å². The zero-order valence-corrected chi connectivity index (χ0v) is 33.4. The van der Waals surface area contributed by atoms with Crippen LogP contribution in [-0.2, 0) is 30.3 Å². The molecule has 5 N–H and O–H groups in total. The molecule has 1 aliphatic heterocycles. The summed E-state index contributed by atoms with van der Waals surface area (Å²) in [7, 11) is 1.94. The Morgan fingerprint density at radius 1 is 1.06 bits per heavy atom. The van der Waals surface area contributed by atoms with Gasteiger partial charge in [-0.25, -0.2) is 4.98 Å². The third-order valence-corrected chi connectivity index (χ3v) is 11.2. The number of carbonyl (C=O) groups excluding carboxylic acids is 4. The third kappa shape index (κ3) is 12.5. The highest BCUT2D eigenvalue weighted by molar-refractivity contribution is 7.09. The quantitative estimate of drug-likeness (QED) is 0.112. The largest absolute Gasteiger partial charge is 0.481 e. The van der Waals surface area contributed by atoms with E-state index in [2.05, 4.69) is 15.6 Å². The Labute approximate surface area is 318 Å². The predicted molar refractivity (Wildman–Crippen MR) is 206 cm³/mol. The Morgan fingerprint density at radius 2 is 1.74 bits per heavy atom. The van der Waals surface area contributed by atoms with Gasteiger partial charge in [-0.05, 0) is 75.7 Å². The number of anilines is 1. The molecule has 7 atom stereocenters. The first-order valence-corrected chi connectivity index (χ1v) is 19.8. The molecule has 0 unspecified atom stereocenters. The molecule has 1 fully saturated rings. The Balaban J connectivity index is 1.85. The summed E-state index contributed by atoms with van der Waals surface area (Å²) in [6.07, 6.45) is 3.42. The van der Waals surface area contributed by atoms with E-state index in [9.17, 15) is 29.1 Å². The molecular weight excluding hydrogens is 697 g/mol. The van der Waals surface area contributed by atoms with Gasteiger partial charge in [0.1, 0.15) is 16.7 Å². The number of thiazole rings is 1. The standard InChI is InChI=1S/C39H60N6O7S/c1-9-24(5)34(43-36(48)31-13-11-12-18-44(31)8)38(49)45(10-2)32(23(3)4)21-33(52-26(7)46)37-42-30(22-53-37)35(47)41-29(19-25(6)39(50)51)20-27-14-16-28(40)17-15-27/h14-17,22-25,29,31-34H,9-13,18-21,40H2,1-8H3,(H,41,47)(H,43,48)(H,50,51)/t24-,25-,29+,31+,32+,33+,34-/m0/s1. The van der Waals surface area contributed by atoms with Crippen LogP contribution in [0.5, 0.6) is 0 Å². The van der Waals surface area contributed by atoms with E-state index in [0.717, 1.165) is 31.4 Å². The number of benzene rings is 1. The third-order valence-electron chi connectivity index (χ3n) is 10.3. The van der Waals surface area contributed by atoms with E-state index in [4.69, 9.17) is 10.5 Å². The van der Waals surface area contributed by atoms with Crippen molar-refractivity contribution in [2.75, 3.05) is 25.9 Å². The minimum atomic E-state index is -0.962. The van der Waals surface area contributed by atoms with Crippen molar-refractivity contribution in [3.63, 3.8) is 0 Å². The van der Waals surface area contributed by atoms with E-state index in [0.29, 0.717) is 30.1 Å². The number of likely N-dealkylation sites (N-methyl/N-ethyl adjacent to an activating group) is 2. The number of aromatic nitrogens is 1. The molecule has 3 rings (SSSR count). The summed E-state index contributed by atoms with van der Waals surface area (Å²) < 4.78 is 5.81. The molecule has 1 aromatic carbocycles. The summed E-state index contributed by atoms with van der Waals surface area (Å²) in [6, 6.07) is 5.30. The number of piperidine rings is 1. The van der Waals surface area contributed by atoms with Gasteiger partial charge < -0.3 is 31.1 Å². The van der Waals surface area contributed by atoms with Gasteiger partial charge in [0.05, 0.1) is 12.0 Å². The normalized spacial score (nSPS) is 18.2. The number of carbonyl (C=O) groups is 5. The van der Waals surface area contributed by atoms with Crippen LogP contribution in [0, 0.1) is 17.8 Å². The summed E-state index contributed by atoms with van der Waals surface area (Å²) in [6.45, 7) is 14.0. The number of hydrogen-bond acceptors (Lipinski definition) is 10. The number of nitrogens with one attached hydrogen (secondary N) is 2. The van der Waals surface area contributed by atoms with Gasteiger partial charge in [0, 0.05) is 43.0 Å². The number of ether oxygens (including phenoxy) is 1. The summed E-state index contributed by atoms with van der Waals surface area (Å²) in [5.74, 6) is -3.16. The molecule has 3 amide bonds. The second kappa shape index (κ2) is 20.4. The Morgan fingerprint density at radius 3 is 2.30 bits per heavy atom. The number of aliphatic carboxylic acids is 1. The molecule has 1 saturated heterocycles. The van der Waals surface area contributed by atoms with E-state index in [1.54, 1.807) is 29.3 Å². The number of carboxylic acid groups (broad SMARTS) is 1. The maximum atomic E-state index is 14.4. The van der Waals surface area contributed by atoms with Gasteiger partial charge in [-0.2, -0.15) is 0 Å². The van der Waals surface area contributed by atoms with Crippen molar-refractivity contribution in [3.05, 3.63) is 45.9 Å². The highest BCUT2D eigenvalue weighted by atomic mass is 32.1. The van der Waals surface area contributed by atoms with Gasteiger partial charge in [0.2, 0.25) is 11.8 Å². The monoisotopic (exact) mass is 756 g/mol. The lowest BCUT2D eigenvalue weighted by atomic mass is 9.92. The SMILES string of the molecule is CC[C@H](C)[C@H](NC(=O)[C@H]1CCCCN1C)C(=O)N(CC)[C@H](C[C@@H](OC(C)=O)c1nc(C(=O)N[C@@H](Cc2ccc(N)cc2)C[C@H](C)C(=O)O)cs1)C(C)C. The molecule has 53 heavy (non-hydrogen) atoms. The first-order valence-electron chi connectivity index (χ1n) is 18.9. The molecule has 13 nitrogen and oxygen atoms in total. The van der Waals surface area contributed by atoms with Crippen LogP contribution in [0.25, 0.3) is 0 Å². The Hall–Kier alpha value is -4.04. The molecule has 294 valence electrons. The zero-order chi connectivity index (χ0) is 39.4. The highest BCUT2D eigenvalue weighted by Gasteiger charge is 2.38. The lowest BCUT2D eigenvalue weighted by molar-refractivity contribution is -0.149.